The van der Waals surface area contributed by atoms with Crippen molar-refractivity contribution in [2.45, 2.75) is 31.2 Å². The minimum atomic E-state index is -1.89. The molecule has 1 fully saturated rings. The molecule has 2 rings (SSSR count). The summed E-state index contributed by atoms with van der Waals surface area (Å²) in [5, 5.41) is 19.5. The maximum Gasteiger partial charge on any atom is 0.356 e. The number of aliphatic hydroxyl groups is 1. The summed E-state index contributed by atoms with van der Waals surface area (Å²) in [6, 6.07) is 5.31. The number of amides is 1. The van der Waals surface area contributed by atoms with E-state index in [9.17, 15) is 29.6 Å². The highest BCUT2D eigenvalue weighted by molar-refractivity contribution is 8.14. The van der Waals surface area contributed by atoms with E-state index in [0.29, 0.717) is 5.56 Å². The summed E-state index contributed by atoms with van der Waals surface area (Å²) < 4.78 is 9.88. The highest BCUT2D eigenvalue weighted by Gasteiger charge is 2.53. The number of likely N-dealkylation sites (tertiary alicyclic amines) is 1. The van der Waals surface area contributed by atoms with Crippen LogP contribution in [0.25, 0.3) is 0 Å². The molecule has 140 valence electrons. The standard InChI is InChI=1S/C15H16N2O8S/c1-8(18)26-14-11(24-2)12(19)16(14)13(20)15(21)25-7-9-3-5-10(6-4-9)17(22)23/h3-6,11,13-14,20H,7H2,1-2H3/t11-,13?,14+/m0/s1. The molecule has 0 spiro atoms. The Morgan fingerprint density at radius 3 is 2.50 bits per heavy atom. The number of ether oxygens (including phenoxy) is 2. The van der Waals surface area contributed by atoms with E-state index in [1.54, 1.807) is 0 Å². The van der Waals surface area contributed by atoms with Gasteiger partial charge in [0.05, 0.1) is 4.92 Å². The Labute approximate surface area is 152 Å². The first-order chi connectivity index (χ1) is 12.3. The Morgan fingerprint density at radius 1 is 1.38 bits per heavy atom. The lowest BCUT2D eigenvalue weighted by Gasteiger charge is -2.46. The molecular weight excluding hydrogens is 368 g/mol. The summed E-state index contributed by atoms with van der Waals surface area (Å²) in [7, 11) is 1.28. The summed E-state index contributed by atoms with van der Waals surface area (Å²) in [6.45, 7) is 1.05. The van der Waals surface area contributed by atoms with Crippen LogP contribution in [-0.2, 0) is 30.5 Å². The van der Waals surface area contributed by atoms with E-state index >= 15 is 0 Å². The summed E-state index contributed by atoms with van der Waals surface area (Å²) in [4.78, 5) is 46.0. The fraction of sp³-hybridized carbons (Fsp3) is 0.400. The number of esters is 1. The molecule has 1 heterocycles. The number of hydrogen-bond donors (Lipinski definition) is 1. The van der Waals surface area contributed by atoms with Crippen LogP contribution in [0.15, 0.2) is 24.3 Å². The molecule has 0 bridgehead atoms. The Hall–Kier alpha value is -2.50. The zero-order valence-electron chi connectivity index (χ0n) is 13.9. The zero-order chi connectivity index (χ0) is 19.4. The van der Waals surface area contributed by atoms with Gasteiger partial charge >= 0.3 is 5.97 Å². The molecule has 26 heavy (non-hydrogen) atoms. The summed E-state index contributed by atoms with van der Waals surface area (Å²) >= 11 is 0.760. The third kappa shape index (κ3) is 4.18. The number of nitro groups is 1. The molecule has 1 unspecified atom stereocenters. The van der Waals surface area contributed by atoms with Crippen LogP contribution in [-0.4, -0.2) is 56.7 Å². The van der Waals surface area contributed by atoms with Gasteiger partial charge in [0.1, 0.15) is 12.0 Å². The topological polar surface area (TPSA) is 136 Å². The van der Waals surface area contributed by atoms with Gasteiger partial charge in [-0.15, -0.1) is 0 Å². The monoisotopic (exact) mass is 384 g/mol. The second-order valence-electron chi connectivity index (χ2n) is 5.31. The molecule has 0 radical (unpaired) electrons. The number of nitro benzene ring substituents is 1. The molecule has 0 aliphatic carbocycles. The van der Waals surface area contributed by atoms with E-state index in [0.717, 1.165) is 16.7 Å². The maximum atomic E-state index is 12.0. The molecule has 1 saturated heterocycles. The van der Waals surface area contributed by atoms with Crippen molar-refractivity contribution in [2.24, 2.45) is 0 Å². The summed E-state index contributed by atoms with van der Waals surface area (Å²) in [5.41, 5.74) is 0.358. The number of hydrogen-bond acceptors (Lipinski definition) is 9. The molecule has 3 atom stereocenters. The number of β-lactam (4-membered cyclic amide) rings is 1. The van der Waals surface area contributed by atoms with E-state index in [1.807, 2.05) is 0 Å². The number of rotatable bonds is 7. The van der Waals surface area contributed by atoms with Gasteiger partial charge in [0.2, 0.25) is 6.23 Å². The highest BCUT2D eigenvalue weighted by atomic mass is 32.2. The van der Waals surface area contributed by atoms with Crippen LogP contribution in [0.3, 0.4) is 0 Å². The minimum Gasteiger partial charge on any atom is -0.457 e. The third-order valence-electron chi connectivity index (χ3n) is 3.57. The first kappa shape index (κ1) is 19.8. The van der Waals surface area contributed by atoms with Gasteiger partial charge in [-0.2, -0.15) is 0 Å². The quantitative estimate of drug-likeness (QED) is 0.307. The van der Waals surface area contributed by atoms with Crippen LogP contribution in [0.5, 0.6) is 0 Å². The molecule has 1 aliphatic rings. The Morgan fingerprint density at radius 2 is 2.00 bits per heavy atom. The van der Waals surface area contributed by atoms with Gasteiger partial charge in [-0.05, 0) is 17.7 Å². The van der Waals surface area contributed by atoms with Gasteiger partial charge in [0.15, 0.2) is 11.2 Å². The Balaban J connectivity index is 1.96. The molecule has 0 saturated carbocycles. The lowest BCUT2D eigenvalue weighted by atomic mass is 10.1. The van der Waals surface area contributed by atoms with Gasteiger partial charge in [-0.3, -0.25) is 24.6 Å². The van der Waals surface area contributed by atoms with E-state index in [2.05, 4.69) is 0 Å². The molecule has 11 heteroatoms. The Kier molecular flexibility index (Phi) is 6.29. The third-order valence-corrected chi connectivity index (χ3v) is 4.62. The number of methoxy groups -OCH3 is 1. The molecular formula is C15H16N2O8S. The predicted molar refractivity (Wildman–Crippen MR) is 88.6 cm³/mol. The fourth-order valence-electron chi connectivity index (χ4n) is 2.28. The highest BCUT2D eigenvalue weighted by Crippen LogP contribution is 2.34. The molecule has 1 aromatic carbocycles. The molecule has 1 amide bonds. The van der Waals surface area contributed by atoms with Crippen LogP contribution >= 0.6 is 11.8 Å². The van der Waals surface area contributed by atoms with Crippen LogP contribution in [0.4, 0.5) is 5.69 Å². The fourth-order valence-corrected chi connectivity index (χ4v) is 3.30. The number of non-ortho nitro benzene ring substituents is 1. The molecule has 1 aromatic rings. The summed E-state index contributed by atoms with van der Waals surface area (Å²) in [6.07, 6.45) is -2.81. The minimum absolute atomic E-state index is 0.110. The van der Waals surface area contributed by atoms with Crippen molar-refractivity contribution in [2.75, 3.05) is 7.11 Å². The first-order valence-corrected chi connectivity index (χ1v) is 8.24. The molecule has 1 aliphatic heterocycles. The van der Waals surface area contributed by atoms with Gasteiger partial charge < -0.3 is 14.6 Å². The SMILES string of the molecule is CO[C@H]1C(=O)N(C(O)C(=O)OCc2ccc([N+](=O)[O-])cc2)[C@@H]1SC(C)=O. The first-order valence-electron chi connectivity index (χ1n) is 7.36. The van der Waals surface area contributed by atoms with Gasteiger partial charge in [-0.25, -0.2) is 4.79 Å². The van der Waals surface area contributed by atoms with Crippen LogP contribution < -0.4 is 0 Å². The number of thioether (sulfide) groups is 1. The number of carbonyl (C=O) groups excluding carboxylic acids is 3. The van der Waals surface area contributed by atoms with Crippen molar-refractivity contribution in [3.63, 3.8) is 0 Å². The smallest absolute Gasteiger partial charge is 0.356 e. The normalized spacial score (nSPS) is 20.3. The number of aliphatic hydroxyl groups excluding tert-OH is 1. The van der Waals surface area contributed by atoms with Crippen LogP contribution in [0, 0.1) is 10.1 Å². The van der Waals surface area contributed by atoms with Gasteiger partial charge in [-0.1, -0.05) is 11.8 Å². The van der Waals surface area contributed by atoms with Crippen molar-refractivity contribution >= 4 is 34.4 Å². The second-order valence-corrected chi connectivity index (χ2v) is 6.60. The summed E-state index contributed by atoms with van der Waals surface area (Å²) in [5.74, 6) is -1.72. The van der Waals surface area contributed by atoms with E-state index in [4.69, 9.17) is 9.47 Å². The number of nitrogens with zero attached hydrogens (tertiary/aromatic N) is 2. The van der Waals surface area contributed by atoms with Crippen LogP contribution in [0.2, 0.25) is 0 Å². The predicted octanol–water partition coefficient (Wildman–Crippen LogP) is 0.419. The van der Waals surface area contributed by atoms with Crippen LogP contribution in [0.1, 0.15) is 12.5 Å². The second kappa shape index (κ2) is 8.25. The lowest BCUT2D eigenvalue weighted by Crippen LogP contribution is -2.68. The lowest BCUT2D eigenvalue weighted by molar-refractivity contribution is -0.384. The average Bonchev–Trinajstić information content (AvgIpc) is 2.59. The van der Waals surface area contributed by atoms with Crippen molar-refractivity contribution in [3.8, 4) is 0 Å². The van der Waals surface area contributed by atoms with E-state index in [1.165, 1.54) is 38.3 Å². The van der Waals surface area contributed by atoms with Crippen molar-refractivity contribution in [1.82, 2.24) is 4.90 Å². The van der Waals surface area contributed by atoms with Crippen molar-refractivity contribution in [1.29, 1.82) is 0 Å². The molecule has 0 aromatic heterocycles. The average molecular weight is 384 g/mol. The molecule has 10 nitrogen and oxygen atoms in total. The maximum absolute atomic E-state index is 12.0. The molecule has 1 N–H and O–H groups in total. The van der Waals surface area contributed by atoms with Crippen molar-refractivity contribution in [3.05, 3.63) is 39.9 Å². The van der Waals surface area contributed by atoms with Gasteiger partial charge in [0.25, 0.3) is 11.6 Å². The van der Waals surface area contributed by atoms with Crippen molar-refractivity contribution < 1.29 is 33.9 Å². The number of carbonyl (C=O) groups is 3. The van der Waals surface area contributed by atoms with E-state index in [-0.39, 0.29) is 17.4 Å². The zero-order valence-corrected chi connectivity index (χ0v) is 14.7. The van der Waals surface area contributed by atoms with Gasteiger partial charge in [0, 0.05) is 26.2 Å². The largest absolute Gasteiger partial charge is 0.457 e. The Bertz CT molecular complexity index is 723. The van der Waals surface area contributed by atoms with E-state index < -0.39 is 34.5 Å². The number of benzene rings is 1.